The van der Waals surface area contributed by atoms with Crippen molar-refractivity contribution in [3.63, 3.8) is 0 Å². The number of hydrogen-bond donors (Lipinski definition) is 1. The van der Waals surface area contributed by atoms with Crippen molar-refractivity contribution in [2.75, 3.05) is 20.2 Å². The lowest BCUT2D eigenvalue weighted by molar-refractivity contribution is -0.0609. The molecule has 0 bridgehead atoms. The van der Waals surface area contributed by atoms with Crippen molar-refractivity contribution in [3.05, 3.63) is 0 Å². The summed E-state index contributed by atoms with van der Waals surface area (Å²) >= 11 is 0. The molecule has 3 nitrogen and oxygen atoms in total. The Kier molecular flexibility index (Phi) is 5.72. The third kappa shape index (κ3) is 3.46. The van der Waals surface area contributed by atoms with Crippen LogP contribution in [0.4, 0.5) is 0 Å². The minimum Gasteiger partial charge on any atom is -0.381 e. The first-order valence-electron chi connectivity index (χ1n) is 9.07. The zero-order valence-electron chi connectivity index (χ0n) is 14.9. The predicted octanol–water partition coefficient (Wildman–Crippen LogP) is 3.58. The first kappa shape index (κ1) is 17.2. The van der Waals surface area contributed by atoms with E-state index in [2.05, 4.69) is 37.9 Å². The predicted molar refractivity (Wildman–Crippen MR) is 89.8 cm³/mol. The van der Waals surface area contributed by atoms with Crippen LogP contribution in [0.25, 0.3) is 0 Å². The maximum absolute atomic E-state index is 5.68. The van der Waals surface area contributed by atoms with Crippen molar-refractivity contribution in [2.24, 2.45) is 0 Å². The molecule has 0 aromatic heterocycles. The van der Waals surface area contributed by atoms with E-state index >= 15 is 0 Å². The molecule has 0 amide bonds. The Morgan fingerprint density at radius 1 is 1.14 bits per heavy atom. The van der Waals surface area contributed by atoms with Gasteiger partial charge in [-0.05, 0) is 51.9 Å². The fourth-order valence-corrected chi connectivity index (χ4v) is 4.36. The van der Waals surface area contributed by atoms with Crippen LogP contribution in [0.15, 0.2) is 0 Å². The van der Waals surface area contributed by atoms with Gasteiger partial charge < -0.3 is 10.1 Å². The minimum atomic E-state index is 0.272. The molecule has 0 aromatic rings. The molecule has 0 aromatic carbocycles. The van der Waals surface area contributed by atoms with Crippen LogP contribution in [-0.4, -0.2) is 48.3 Å². The van der Waals surface area contributed by atoms with Crippen LogP contribution in [0.5, 0.6) is 0 Å². The first-order chi connectivity index (χ1) is 10.0. The summed E-state index contributed by atoms with van der Waals surface area (Å²) in [5, 5.41) is 3.86. The molecule has 21 heavy (non-hydrogen) atoms. The maximum atomic E-state index is 5.68. The van der Waals surface area contributed by atoms with Crippen LogP contribution in [0.1, 0.15) is 72.6 Å². The van der Waals surface area contributed by atoms with Gasteiger partial charge in [-0.15, -0.1) is 0 Å². The monoisotopic (exact) mass is 296 g/mol. The molecule has 1 saturated carbocycles. The number of rotatable bonds is 5. The molecule has 3 heteroatoms. The summed E-state index contributed by atoms with van der Waals surface area (Å²) in [6, 6.07) is 0.705. The Balaban J connectivity index is 2.20. The van der Waals surface area contributed by atoms with E-state index in [0.29, 0.717) is 17.7 Å². The molecule has 2 aliphatic rings. The molecule has 0 radical (unpaired) electrons. The maximum Gasteiger partial charge on any atom is 0.0586 e. The summed E-state index contributed by atoms with van der Waals surface area (Å²) in [6.45, 7) is 11.8. The SMILES string of the molecule is CCC1(C)CN(C2CCCC(OC)C2)C(CC)(CC)CN1. The molecule has 1 aliphatic heterocycles. The number of hydrogen-bond acceptors (Lipinski definition) is 3. The van der Waals surface area contributed by atoms with Crippen LogP contribution in [-0.2, 0) is 4.74 Å². The normalized spacial score (nSPS) is 37.6. The van der Waals surface area contributed by atoms with Gasteiger partial charge >= 0.3 is 0 Å². The van der Waals surface area contributed by atoms with Gasteiger partial charge in [0.1, 0.15) is 0 Å². The van der Waals surface area contributed by atoms with Crippen molar-refractivity contribution < 1.29 is 4.74 Å². The minimum absolute atomic E-state index is 0.272. The van der Waals surface area contributed by atoms with E-state index in [1.165, 1.54) is 51.5 Å². The summed E-state index contributed by atoms with van der Waals surface area (Å²) in [6.07, 6.45) is 9.29. The summed E-state index contributed by atoms with van der Waals surface area (Å²) in [5.74, 6) is 0. The molecule has 2 fully saturated rings. The quantitative estimate of drug-likeness (QED) is 0.839. The lowest BCUT2D eigenvalue weighted by Gasteiger charge is -2.57. The molecule has 2 rings (SSSR count). The van der Waals surface area contributed by atoms with Crippen LogP contribution < -0.4 is 5.32 Å². The summed E-state index contributed by atoms with van der Waals surface area (Å²) in [4.78, 5) is 2.87. The zero-order valence-corrected chi connectivity index (χ0v) is 14.9. The average molecular weight is 296 g/mol. The van der Waals surface area contributed by atoms with Gasteiger partial charge in [0.15, 0.2) is 0 Å². The van der Waals surface area contributed by atoms with Crippen LogP contribution in [0.3, 0.4) is 0 Å². The molecule has 1 N–H and O–H groups in total. The Bertz CT molecular complexity index is 329. The van der Waals surface area contributed by atoms with E-state index in [-0.39, 0.29) is 5.54 Å². The molecule has 1 saturated heterocycles. The number of nitrogens with zero attached hydrogens (tertiary/aromatic N) is 1. The fourth-order valence-electron chi connectivity index (χ4n) is 4.36. The lowest BCUT2D eigenvalue weighted by Crippen LogP contribution is -2.71. The second-order valence-electron chi connectivity index (χ2n) is 7.51. The highest BCUT2D eigenvalue weighted by molar-refractivity contribution is 5.05. The van der Waals surface area contributed by atoms with E-state index in [1.54, 1.807) is 0 Å². The fraction of sp³-hybridized carbons (Fsp3) is 1.00. The van der Waals surface area contributed by atoms with Gasteiger partial charge in [0.2, 0.25) is 0 Å². The van der Waals surface area contributed by atoms with Crippen LogP contribution in [0, 0.1) is 0 Å². The number of nitrogens with one attached hydrogen (secondary N) is 1. The van der Waals surface area contributed by atoms with E-state index in [0.717, 1.165) is 6.54 Å². The van der Waals surface area contributed by atoms with Gasteiger partial charge in [-0.3, -0.25) is 4.90 Å². The van der Waals surface area contributed by atoms with Crippen molar-refractivity contribution in [1.29, 1.82) is 0 Å². The van der Waals surface area contributed by atoms with Crippen molar-refractivity contribution >= 4 is 0 Å². The third-order valence-corrected chi connectivity index (χ3v) is 6.44. The Morgan fingerprint density at radius 2 is 1.86 bits per heavy atom. The molecular formula is C18H36N2O. The van der Waals surface area contributed by atoms with Gasteiger partial charge in [0, 0.05) is 37.3 Å². The molecule has 124 valence electrons. The van der Waals surface area contributed by atoms with Gasteiger partial charge in [0.25, 0.3) is 0 Å². The molecule has 0 spiro atoms. The molecule has 3 unspecified atom stereocenters. The highest BCUT2D eigenvalue weighted by atomic mass is 16.5. The number of ether oxygens (including phenoxy) is 1. The van der Waals surface area contributed by atoms with Crippen LogP contribution >= 0.6 is 0 Å². The molecule has 3 atom stereocenters. The smallest absolute Gasteiger partial charge is 0.0586 e. The van der Waals surface area contributed by atoms with Gasteiger partial charge in [0.05, 0.1) is 6.10 Å². The second-order valence-corrected chi connectivity index (χ2v) is 7.51. The number of piperazine rings is 1. The van der Waals surface area contributed by atoms with Crippen molar-refractivity contribution in [3.8, 4) is 0 Å². The standard InChI is InChI=1S/C18H36N2O/c1-6-17(4)14-20(18(7-2,8-3)13-19-17)15-10-9-11-16(12-15)21-5/h15-16,19H,6-14H2,1-5H3. The topological polar surface area (TPSA) is 24.5 Å². The third-order valence-electron chi connectivity index (χ3n) is 6.44. The molecule has 1 aliphatic carbocycles. The lowest BCUT2D eigenvalue weighted by atomic mass is 9.79. The Hall–Kier alpha value is -0.120. The summed E-state index contributed by atoms with van der Waals surface area (Å²) in [5.41, 5.74) is 0.614. The zero-order chi connectivity index (χ0) is 15.5. The highest BCUT2D eigenvalue weighted by Gasteiger charge is 2.46. The summed E-state index contributed by atoms with van der Waals surface area (Å²) in [7, 11) is 1.88. The van der Waals surface area contributed by atoms with Gasteiger partial charge in [-0.1, -0.05) is 20.8 Å². The highest BCUT2D eigenvalue weighted by Crippen LogP contribution is 2.37. The van der Waals surface area contributed by atoms with Crippen LogP contribution in [0.2, 0.25) is 0 Å². The van der Waals surface area contributed by atoms with E-state index in [9.17, 15) is 0 Å². The number of methoxy groups -OCH3 is 1. The summed E-state index contributed by atoms with van der Waals surface area (Å²) < 4.78 is 5.68. The van der Waals surface area contributed by atoms with E-state index < -0.39 is 0 Å². The van der Waals surface area contributed by atoms with Gasteiger partial charge in [-0.25, -0.2) is 0 Å². The Morgan fingerprint density at radius 3 is 2.43 bits per heavy atom. The largest absolute Gasteiger partial charge is 0.381 e. The van der Waals surface area contributed by atoms with Crippen molar-refractivity contribution in [1.82, 2.24) is 10.2 Å². The molecular weight excluding hydrogens is 260 g/mol. The average Bonchev–Trinajstić information content (AvgIpc) is 2.55. The van der Waals surface area contributed by atoms with Crippen molar-refractivity contribution in [2.45, 2.75) is 95.9 Å². The second kappa shape index (κ2) is 6.97. The molecule has 1 heterocycles. The van der Waals surface area contributed by atoms with Gasteiger partial charge in [-0.2, -0.15) is 0 Å². The van der Waals surface area contributed by atoms with E-state index in [4.69, 9.17) is 4.74 Å². The van der Waals surface area contributed by atoms with E-state index in [1.807, 2.05) is 7.11 Å². The first-order valence-corrected chi connectivity index (χ1v) is 9.07. The Labute approximate surface area is 131 Å².